The minimum Gasteiger partial charge on any atom is -0.480 e. The smallest absolute Gasteiger partial charge is 0.262 e. The third-order valence-corrected chi connectivity index (χ3v) is 5.87. The number of anilines is 2. The number of aromatic nitrogens is 2. The van der Waals surface area contributed by atoms with Gasteiger partial charge in [-0.1, -0.05) is 25.3 Å². The molecule has 34 heavy (non-hydrogen) atoms. The molecule has 1 fully saturated rings. The lowest BCUT2D eigenvalue weighted by Gasteiger charge is -2.30. The number of rotatable bonds is 8. The van der Waals surface area contributed by atoms with E-state index in [2.05, 4.69) is 64.8 Å². The van der Waals surface area contributed by atoms with E-state index in [4.69, 9.17) is 10.00 Å². The molecule has 0 atom stereocenters. The number of methoxy groups -OCH3 is 1. The Labute approximate surface area is 200 Å². The SMILES string of the molecule is C=C/C=C(/NC(=O)c1cnc(Nc2ccc(C3CCN(C)CC3)c(C)c2)nc1OC)C(=C)C#N. The number of likely N-dealkylation sites (tertiary alicyclic amines) is 1. The third kappa shape index (κ3) is 5.88. The molecule has 1 aliphatic rings. The van der Waals surface area contributed by atoms with Crippen molar-refractivity contribution in [2.45, 2.75) is 25.7 Å². The molecule has 1 aliphatic heterocycles. The Balaban J connectivity index is 1.75. The second kappa shape index (κ2) is 11.3. The van der Waals surface area contributed by atoms with E-state index in [9.17, 15) is 4.79 Å². The number of aryl methyl sites for hydroxylation is 1. The minimum absolute atomic E-state index is 0.102. The summed E-state index contributed by atoms with van der Waals surface area (Å²) in [6.07, 6.45) is 6.66. The summed E-state index contributed by atoms with van der Waals surface area (Å²) in [7, 11) is 3.59. The monoisotopic (exact) mass is 458 g/mol. The highest BCUT2D eigenvalue weighted by atomic mass is 16.5. The molecule has 0 saturated carbocycles. The summed E-state index contributed by atoms with van der Waals surface area (Å²) in [6, 6.07) is 8.18. The Morgan fingerprint density at radius 2 is 2.09 bits per heavy atom. The number of nitrogens with zero attached hydrogens (tertiary/aromatic N) is 4. The number of nitrogens with one attached hydrogen (secondary N) is 2. The molecule has 1 saturated heterocycles. The van der Waals surface area contributed by atoms with Gasteiger partial charge in [0.25, 0.3) is 5.91 Å². The maximum absolute atomic E-state index is 12.7. The van der Waals surface area contributed by atoms with Crippen LogP contribution in [-0.2, 0) is 0 Å². The van der Waals surface area contributed by atoms with Crippen molar-refractivity contribution in [3.8, 4) is 11.9 Å². The zero-order chi connectivity index (χ0) is 24.7. The summed E-state index contributed by atoms with van der Waals surface area (Å²) < 4.78 is 5.32. The summed E-state index contributed by atoms with van der Waals surface area (Å²) >= 11 is 0. The van der Waals surface area contributed by atoms with Crippen molar-refractivity contribution in [2.75, 3.05) is 32.6 Å². The van der Waals surface area contributed by atoms with Crippen molar-refractivity contribution in [1.29, 1.82) is 5.26 Å². The molecule has 8 nitrogen and oxygen atoms in total. The molecule has 0 aliphatic carbocycles. The maximum Gasteiger partial charge on any atom is 0.262 e. The molecular weight excluding hydrogens is 428 g/mol. The lowest BCUT2D eigenvalue weighted by Crippen LogP contribution is -2.29. The van der Waals surface area contributed by atoms with Crippen LogP contribution in [0.15, 0.2) is 61.0 Å². The quantitative estimate of drug-likeness (QED) is 0.451. The van der Waals surface area contributed by atoms with E-state index >= 15 is 0 Å². The van der Waals surface area contributed by atoms with E-state index in [1.165, 1.54) is 49.4 Å². The van der Waals surface area contributed by atoms with Gasteiger partial charge in [0.2, 0.25) is 11.8 Å². The number of carbonyl (C=O) groups excluding carboxylic acids is 1. The predicted octanol–water partition coefficient (Wildman–Crippen LogP) is 4.23. The number of hydrogen-bond donors (Lipinski definition) is 2. The number of piperidine rings is 1. The van der Waals surface area contributed by atoms with Gasteiger partial charge in [-0.25, -0.2) is 4.98 Å². The van der Waals surface area contributed by atoms with Crippen LogP contribution < -0.4 is 15.4 Å². The van der Waals surface area contributed by atoms with E-state index in [1.54, 1.807) is 0 Å². The van der Waals surface area contributed by atoms with Crippen molar-refractivity contribution in [3.05, 3.63) is 77.7 Å². The molecule has 1 aromatic carbocycles. The van der Waals surface area contributed by atoms with Gasteiger partial charge in [-0.05, 0) is 75.2 Å². The van der Waals surface area contributed by atoms with Gasteiger partial charge in [-0.2, -0.15) is 10.2 Å². The molecule has 3 rings (SSSR count). The highest BCUT2D eigenvalue weighted by Crippen LogP contribution is 2.31. The molecule has 2 aromatic rings. The van der Waals surface area contributed by atoms with Crippen LogP contribution in [0.5, 0.6) is 5.88 Å². The van der Waals surface area contributed by atoms with Crippen molar-refractivity contribution in [3.63, 3.8) is 0 Å². The van der Waals surface area contributed by atoms with E-state index in [0.717, 1.165) is 18.8 Å². The van der Waals surface area contributed by atoms with Crippen molar-refractivity contribution >= 4 is 17.5 Å². The first-order valence-electron chi connectivity index (χ1n) is 11.1. The van der Waals surface area contributed by atoms with Crippen LogP contribution in [-0.4, -0.2) is 48.0 Å². The minimum atomic E-state index is -0.522. The first-order chi connectivity index (χ1) is 16.4. The van der Waals surface area contributed by atoms with Crippen LogP contribution in [0.2, 0.25) is 0 Å². The number of amides is 1. The normalized spacial score (nSPS) is 14.7. The number of allylic oxidation sites excluding steroid dienone is 3. The summed E-state index contributed by atoms with van der Waals surface area (Å²) in [6.45, 7) is 11.6. The van der Waals surface area contributed by atoms with Gasteiger partial charge < -0.3 is 20.3 Å². The van der Waals surface area contributed by atoms with Gasteiger partial charge in [0.05, 0.1) is 18.4 Å². The molecule has 2 heterocycles. The number of carbonyl (C=O) groups is 1. The second-order valence-corrected chi connectivity index (χ2v) is 8.25. The van der Waals surface area contributed by atoms with Gasteiger partial charge >= 0.3 is 0 Å². The molecule has 2 N–H and O–H groups in total. The molecule has 8 heteroatoms. The summed E-state index contributed by atoms with van der Waals surface area (Å²) in [5, 5.41) is 14.9. The molecule has 1 amide bonds. The molecule has 0 radical (unpaired) electrons. The number of hydrogen-bond acceptors (Lipinski definition) is 7. The fourth-order valence-corrected chi connectivity index (χ4v) is 3.98. The predicted molar refractivity (Wildman–Crippen MR) is 133 cm³/mol. The van der Waals surface area contributed by atoms with Crippen LogP contribution in [0.4, 0.5) is 11.6 Å². The number of nitriles is 1. The fourth-order valence-electron chi connectivity index (χ4n) is 3.98. The van der Waals surface area contributed by atoms with Crippen LogP contribution in [0, 0.1) is 18.3 Å². The van der Waals surface area contributed by atoms with Gasteiger partial charge in [0, 0.05) is 11.9 Å². The number of ether oxygens (including phenoxy) is 1. The van der Waals surface area contributed by atoms with Crippen molar-refractivity contribution < 1.29 is 9.53 Å². The zero-order valence-corrected chi connectivity index (χ0v) is 19.9. The average molecular weight is 459 g/mol. The van der Waals surface area contributed by atoms with E-state index in [0.29, 0.717) is 11.9 Å². The highest BCUT2D eigenvalue weighted by molar-refractivity contribution is 5.97. The molecule has 0 bridgehead atoms. The van der Waals surface area contributed by atoms with Crippen LogP contribution in [0.1, 0.15) is 40.2 Å². The van der Waals surface area contributed by atoms with E-state index in [1.807, 2.05) is 12.1 Å². The second-order valence-electron chi connectivity index (χ2n) is 8.25. The summed E-state index contributed by atoms with van der Waals surface area (Å²) in [4.78, 5) is 23.7. The largest absolute Gasteiger partial charge is 0.480 e. The van der Waals surface area contributed by atoms with Gasteiger partial charge in [0.1, 0.15) is 11.6 Å². The lowest BCUT2D eigenvalue weighted by atomic mass is 9.87. The Hall–Kier alpha value is -3.96. The third-order valence-electron chi connectivity index (χ3n) is 5.87. The first-order valence-corrected chi connectivity index (χ1v) is 11.1. The maximum atomic E-state index is 12.7. The highest BCUT2D eigenvalue weighted by Gasteiger charge is 2.21. The van der Waals surface area contributed by atoms with E-state index < -0.39 is 5.91 Å². The number of benzene rings is 1. The Morgan fingerprint density at radius 3 is 2.71 bits per heavy atom. The van der Waals surface area contributed by atoms with Crippen molar-refractivity contribution in [2.24, 2.45) is 0 Å². The molecule has 0 unspecified atom stereocenters. The molecule has 1 aromatic heterocycles. The standard InChI is InChI=1S/C26H30N6O2/c1-6-7-23(18(3)15-27)30-24(33)22-16-28-26(31-25(22)34-5)29-20-8-9-21(17(2)14-20)19-10-12-32(4)13-11-19/h6-9,14,16,19H,1,3,10-13H2,2,4-5H3,(H,30,33)(H,28,29,31)/b23-7+. The van der Waals surface area contributed by atoms with Gasteiger partial charge in [-0.3, -0.25) is 4.79 Å². The van der Waals surface area contributed by atoms with Crippen LogP contribution >= 0.6 is 0 Å². The van der Waals surface area contributed by atoms with E-state index in [-0.39, 0.29) is 22.7 Å². The molecular formula is C26H30N6O2. The van der Waals surface area contributed by atoms with Gasteiger partial charge in [-0.15, -0.1) is 0 Å². The average Bonchev–Trinajstić information content (AvgIpc) is 2.84. The lowest BCUT2D eigenvalue weighted by molar-refractivity contribution is 0.0962. The van der Waals surface area contributed by atoms with Crippen molar-refractivity contribution in [1.82, 2.24) is 20.2 Å². The molecule has 0 spiro atoms. The van der Waals surface area contributed by atoms with Crippen LogP contribution in [0.3, 0.4) is 0 Å². The molecule has 176 valence electrons. The fraction of sp³-hybridized carbons (Fsp3) is 0.308. The Kier molecular flexibility index (Phi) is 8.17. The Bertz CT molecular complexity index is 1160. The summed E-state index contributed by atoms with van der Waals surface area (Å²) in [5.74, 6) is 0.473. The summed E-state index contributed by atoms with van der Waals surface area (Å²) in [5.41, 5.74) is 3.93. The topological polar surface area (TPSA) is 103 Å². The van der Waals surface area contributed by atoms with Gasteiger partial charge in [0.15, 0.2) is 0 Å². The first kappa shape index (κ1) is 24.7. The van der Waals surface area contributed by atoms with Crippen LogP contribution in [0.25, 0.3) is 0 Å². The Morgan fingerprint density at radius 1 is 1.35 bits per heavy atom. The zero-order valence-electron chi connectivity index (χ0n) is 19.9.